The summed E-state index contributed by atoms with van der Waals surface area (Å²) in [6.07, 6.45) is 4.72. The molecular weight excluding hydrogens is 484 g/mol. The maximum absolute atomic E-state index is 6.23. The van der Waals surface area contributed by atoms with Gasteiger partial charge in [0.2, 0.25) is 0 Å². The second-order valence-electron chi connectivity index (χ2n) is 6.20. The van der Waals surface area contributed by atoms with Crippen LogP contribution >= 0.6 is 46.4 Å². The zero-order valence-electron chi connectivity index (χ0n) is 16.7. The second kappa shape index (κ2) is 15.2. The molecule has 0 aliphatic carbocycles. The molecule has 5 nitrogen and oxygen atoms in total. The average Bonchev–Trinajstić information content (AvgIpc) is 2.74. The minimum absolute atomic E-state index is 0.129. The first kappa shape index (κ1) is 25.6. The Hall–Kier alpha value is -1.63. The highest BCUT2D eigenvalue weighted by Gasteiger charge is 2.10. The summed E-state index contributed by atoms with van der Waals surface area (Å²) in [5.41, 5.74) is 1.07. The van der Waals surface area contributed by atoms with Crippen LogP contribution in [-0.2, 0) is 16.2 Å². The highest BCUT2D eigenvalue weighted by Crippen LogP contribution is 2.37. The van der Waals surface area contributed by atoms with Crippen LogP contribution in [0.1, 0.15) is 18.4 Å². The van der Waals surface area contributed by atoms with Crippen molar-refractivity contribution in [2.24, 2.45) is 5.16 Å². The predicted molar refractivity (Wildman–Crippen MR) is 127 cm³/mol. The highest BCUT2D eigenvalue weighted by atomic mass is 35.5. The van der Waals surface area contributed by atoms with Gasteiger partial charge < -0.3 is 19.0 Å². The molecule has 9 heteroatoms. The van der Waals surface area contributed by atoms with Crippen LogP contribution in [0, 0.1) is 0 Å². The van der Waals surface area contributed by atoms with Crippen LogP contribution in [0.25, 0.3) is 0 Å². The van der Waals surface area contributed by atoms with E-state index >= 15 is 0 Å². The first-order chi connectivity index (χ1) is 15.1. The summed E-state index contributed by atoms with van der Waals surface area (Å²) in [7, 11) is 0. The summed E-state index contributed by atoms with van der Waals surface area (Å²) in [6, 6.07) is 13.1. The number of hydrogen-bond acceptors (Lipinski definition) is 5. The van der Waals surface area contributed by atoms with Crippen LogP contribution in [0.3, 0.4) is 0 Å². The number of unbranched alkanes of at least 4 members (excludes halogenated alkanes) is 1. The van der Waals surface area contributed by atoms with Crippen molar-refractivity contribution < 1.29 is 19.0 Å². The summed E-state index contributed by atoms with van der Waals surface area (Å²) >= 11 is 23.5. The number of hydrogen-bond donors (Lipinski definition) is 0. The number of benzene rings is 2. The smallest absolute Gasteiger partial charge is 0.156 e. The number of oxime groups is 1. The summed E-state index contributed by atoms with van der Waals surface area (Å²) in [5.74, 6) is 0.918. The maximum Gasteiger partial charge on any atom is 0.156 e. The first-order valence-electron chi connectivity index (χ1n) is 9.57. The lowest BCUT2D eigenvalue weighted by Crippen LogP contribution is -2.03. The van der Waals surface area contributed by atoms with Crippen molar-refractivity contribution in [1.29, 1.82) is 0 Å². The zero-order valence-corrected chi connectivity index (χ0v) is 19.8. The van der Waals surface area contributed by atoms with Gasteiger partial charge in [0.25, 0.3) is 0 Å². The third kappa shape index (κ3) is 11.0. The molecule has 168 valence electrons. The molecule has 2 rings (SSSR count). The molecule has 0 bridgehead atoms. The Morgan fingerprint density at radius 3 is 2.32 bits per heavy atom. The van der Waals surface area contributed by atoms with Gasteiger partial charge in [-0.2, -0.15) is 0 Å². The van der Waals surface area contributed by atoms with E-state index in [2.05, 4.69) is 5.16 Å². The fourth-order valence-electron chi connectivity index (χ4n) is 2.34. The largest absolute Gasteiger partial charge is 0.490 e. The molecule has 0 aliphatic heterocycles. The standard InChI is InChI=1S/C22H23Cl4NO4/c23-19-14-18(29-12-8-21(25)26)15-20(24)22(19)30-11-5-4-10-28-13-9-27-31-16-17-6-2-1-3-7-17/h1-3,6-9,14-15H,4-5,10-13,16H2/b27-9+. The van der Waals surface area contributed by atoms with E-state index in [0.29, 0.717) is 48.0 Å². The van der Waals surface area contributed by atoms with Gasteiger partial charge >= 0.3 is 0 Å². The summed E-state index contributed by atoms with van der Waals surface area (Å²) in [5, 5.41) is 4.60. The molecule has 0 fully saturated rings. The SMILES string of the molecule is ClC(Cl)=CCOc1cc(Cl)c(OCCCCOC/C=N/OCc2ccccc2)c(Cl)c1. The van der Waals surface area contributed by atoms with Gasteiger partial charge in [-0.25, -0.2) is 0 Å². The molecule has 0 spiro atoms. The molecule has 0 heterocycles. The van der Waals surface area contributed by atoms with Gasteiger partial charge in [-0.1, -0.05) is 81.9 Å². The summed E-state index contributed by atoms with van der Waals surface area (Å²) < 4.78 is 16.8. The lowest BCUT2D eigenvalue weighted by molar-refractivity contribution is 0.124. The summed E-state index contributed by atoms with van der Waals surface area (Å²) in [4.78, 5) is 5.20. The Morgan fingerprint density at radius 1 is 0.903 bits per heavy atom. The van der Waals surface area contributed by atoms with Crippen LogP contribution in [0.2, 0.25) is 10.0 Å². The molecule has 0 radical (unpaired) electrons. The molecule has 0 unspecified atom stereocenters. The molecule has 2 aromatic carbocycles. The Bertz CT molecular complexity index is 820. The number of ether oxygens (including phenoxy) is 3. The van der Waals surface area contributed by atoms with Gasteiger partial charge in [0.15, 0.2) is 5.75 Å². The van der Waals surface area contributed by atoms with Crippen molar-refractivity contribution in [2.45, 2.75) is 19.4 Å². The quantitative estimate of drug-likeness (QED) is 0.156. The number of halogens is 4. The third-order valence-corrected chi connectivity index (χ3v) is 4.67. The van der Waals surface area contributed by atoms with E-state index in [0.717, 1.165) is 18.4 Å². The number of nitrogens with zero attached hydrogens (tertiary/aromatic N) is 1. The van der Waals surface area contributed by atoms with Crippen LogP contribution in [0.15, 0.2) is 58.2 Å². The molecule has 0 aliphatic rings. The topological polar surface area (TPSA) is 49.3 Å². The summed E-state index contributed by atoms with van der Waals surface area (Å²) in [6.45, 7) is 2.07. The Kier molecular flexibility index (Phi) is 12.6. The highest BCUT2D eigenvalue weighted by molar-refractivity contribution is 6.55. The van der Waals surface area contributed by atoms with E-state index in [9.17, 15) is 0 Å². The Labute approximate surface area is 202 Å². The van der Waals surface area contributed by atoms with E-state index in [4.69, 9.17) is 65.5 Å². The van der Waals surface area contributed by atoms with Crippen LogP contribution in [-0.4, -0.2) is 32.6 Å². The van der Waals surface area contributed by atoms with Crippen LogP contribution in [0.4, 0.5) is 0 Å². The second-order valence-corrected chi connectivity index (χ2v) is 8.02. The number of rotatable bonds is 14. The Balaban J connectivity index is 1.56. The van der Waals surface area contributed by atoms with Crippen LogP contribution in [0.5, 0.6) is 11.5 Å². The average molecular weight is 507 g/mol. The van der Waals surface area contributed by atoms with E-state index < -0.39 is 0 Å². The zero-order chi connectivity index (χ0) is 22.3. The van der Waals surface area contributed by atoms with Gasteiger partial charge in [0.1, 0.15) is 23.5 Å². The van der Waals surface area contributed by atoms with Crippen LogP contribution < -0.4 is 9.47 Å². The molecule has 0 saturated heterocycles. The molecule has 2 aromatic rings. The third-order valence-electron chi connectivity index (χ3n) is 3.80. The van der Waals surface area contributed by atoms with Gasteiger partial charge in [-0.15, -0.1) is 0 Å². The molecule has 0 atom stereocenters. The predicted octanol–water partition coefficient (Wildman–Crippen LogP) is 7.07. The van der Waals surface area contributed by atoms with Crippen molar-refractivity contribution in [3.05, 3.63) is 68.6 Å². The van der Waals surface area contributed by atoms with E-state index in [1.54, 1.807) is 18.3 Å². The molecule has 0 aromatic heterocycles. The van der Waals surface area contributed by atoms with Gasteiger partial charge in [-0.3, -0.25) is 0 Å². The molecule has 0 N–H and O–H groups in total. The molecule has 0 saturated carbocycles. The minimum atomic E-state index is 0.129. The van der Waals surface area contributed by atoms with E-state index in [-0.39, 0.29) is 11.1 Å². The first-order valence-corrected chi connectivity index (χ1v) is 11.1. The van der Waals surface area contributed by atoms with Crippen molar-refractivity contribution in [3.63, 3.8) is 0 Å². The fourth-order valence-corrected chi connectivity index (χ4v) is 3.05. The minimum Gasteiger partial charge on any atom is -0.490 e. The van der Waals surface area contributed by atoms with Gasteiger partial charge in [0.05, 0.1) is 29.5 Å². The van der Waals surface area contributed by atoms with E-state index in [1.165, 1.54) is 6.08 Å². The van der Waals surface area contributed by atoms with Crippen molar-refractivity contribution in [2.75, 3.05) is 26.4 Å². The monoisotopic (exact) mass is 505 g/mol. The van der Waals surface area contributed by atoms with Gasteiger partial charge in [-0.05, 0) is 24.5 Å². The maximum atomic E-state index is 6.23. The lowest BCUT2D eigenvalue weighted by atomic mass is 10.2. The molecular formula is C22H23Cl4NO4. The van der Waals surface area contributed by atoms with Gasteiger partial charge in [0, 0.05) is 18.7 Å². The molecule has 31 heavy (non-hydrogen) atoms. The van der Waals surface area contributed by atoms with Crippen molar-refractivity contribution in [1.82, 2.24) is 0 Å². The normalized spacial score (nSPS) is 10.8. The van der Waals surface area contributed by atoms with Crippen molar-refractivity contribution >= 4 is 52.6 Å². The van der Waals surface area contributed by atoms with E-state index in [1.807, 2.05) is 30.3 Å². The van der Waals surface area contributed by atoms with Crippen molar-refractivity contribution in [3.8, 4) is 11.5 Å². The Morgan fingerprint density at radius 2 is 1.61 bits per heavy atom. The molecule has 0 amide bonds. The lowest BCUT2D eigenvalue weighted by Gasteiger charge is -2.12. The fraction of sp³-hybridized carbons (Fsp3) is 0.318.